The van der Waals surface area contributed by atoms with Crippen molar-refractivity contribution in [3.8, 4) is 0 Å². The van der Waals surface area contributed by atoms with Gasteiger partial charge in [-0.3, -0.25) is 0 Å². The van der Waals surface area contributed by atoms with Gasteiger partial charge in [-0.05, 0) is 37.5 Å². The van der Waals surface area contributed by atoms with Gasteiger partial charge in [0.05, 0.1) is 10.7 Å². The van der Waals surface area contributed by atoms with Crippen LogP contribution >= 0.6 is 11.6 Å². The zero-order valence-corrected chi connectivity index (χ0v) is 10.3. The van der Waals surface area contributed by atoms with Crippen LogP contribution in [0.15, 0.2) is 12.1 Å². The minimum absolute atomic E-state index is 0.653. The van der Waals surface area contributed by atoms with Gasteiger partial charge in [0, 0.05) is 24.2 Å². The quantitative estimate of drug-likeness (QED) is 0.759. The summed E-state index contributed by atoms with van der Waals surface area (Å²) in [7, 11) is 0. The number of aryl methyl sites for hydroxylation is 1. The van der Waals surface area contributed by atoms with E-state index >= 15 is 0 Å². The van der Waals surface area contributed by atoms with Crippen molar-refractivity contribution < 1.29 is 0 Å². The van der Waals surface area contributed by atoms with Crippen LogP contribution in [0.4, 0.5) is 11.4 Å². The predicted molar refractivity (Wildman–Crippen MR) is 69.1 cm³/mol. The van der Waals surface area contributed by atoms with Crippen molar-refractivity contribution >= 4 is 23.0 Å². The van der Waals surface area contributed by atoms with Gasteiger partial charge in [-0.2, -0.15) is 0 Å². The van der Waals surface area contributed by atoms with Gasteiger partial charge >= 0.3 is 0 Å². The monoisotopic (exact) mass is 236 g/mol. The SMILES string of the molecule is Cc1cc(N)c(Cl)cc1N1CC2(CCC2)C1. The Morgan fingerprint density at radius 3 is 2.56 bits per heavy atom. The molecule has 1 aromatic rings. The van der Waals surface area contributed by atoms with Crippen LogP contribution in [-0.4, -0.2) is 13.1 Å². The number of anilines is 2. The van der Waals surface area contributed by atoms with Crippen LogP contribution in [-0.2, 0) is 0 Å². The molecule has 1 aliphatic carbocycles. The van der Waals surface area contributed by atoms with Gasteiger partial charge in [0.15, 0.2) is 0 Å². The third-order valence-electron chi connectivity index (χ3n) is 4.12. The highest BCUT2D eigenvalue weighted by Crippen LogP contribution is 2.50. The molecule has 1 saturated heterocycles. The van der Waals surface area contributed by atoms with Gasteiger partial charge in [-0.25, -0.2) is 0 Å². The number of rotatable bonds is 1. The zero-order valence-electron chi connectivity index (χ0n) is 9.59. The van der Waals surface area contributed by atoms with Crippen molar-refractivity contribution in [2.75, 3.05) is 23.7 Å². The number of nitrogen functional groups attached to an aromatic ring is 1. The molecule has 0 unspecified atom stereocenters. The molecule has 3 rings (SSSR count). The molecule has 86 valence electrons. The fourth-order valence-electron chi connectivity index (χ4n) is 2.96. The molecule has 0 bridgehead atoms. The van der Waals surface area contributed by atoms with Gasteiger partial charge in [0.25, 0.3) is 0 Å². The lowest BCUT2D eigenvalue weighted by Crippen LogP contribution is -2.60. The Morgan fingerprint density at radius 1 is 1.31 bits per heavy atom. The lowest BCUT2D eigenvalue weighted by molar-refractivity contribution is 0.0903. The summed E-state index contributed by atoms with van der Waals surface area (Å²) in [6.07, 6.45) is 4.23. The zero-order chi connectivity index (χ0) is 11.3. The molecule has 0 amide bonds. The van der Waals surface area contributed by atoms with Crippen LogP contribution in [0.1, 0.15) is 24.8 Å². The van der Waals surface area contributed by atoms with E-state index in [4.69, 9.17) is 17.3 Å². The third kappa shape index (κ3) is 1.40. The molecule has 2 nitrogen and oxygen atoms in total. The maximum Gasteiger partial charge on any atom is 0.0656 e. The topological polar surface area (TPSA) is 29.3 Å². The normalized spacial score (nSPS) is 21.8. The fourth-order valence-corrected chi connectivity index (χ4v) is 3.12. The van der Waals surface area contributed by atoms with Crippen molar-refractivity contribution in [1.82, 2.24) is 0 Å². The first kappa shape index (κ1) is 10.3. The summed E-state index contributed by atoms with van der Waals surface area (Å²) in [4.78, 5) is 2.43. The second-order valence-corrected chi connectivity index (χ2v) is 5.78. The van der Waals surface area contributed by atoms with Gasteiger partial charge in [-0.1, -0.05) is 18.0 Å². The first-order valence-corrected chi connectivity index (χ1v) is 6.28. The number of halogens is 1. The van der Waals surface area contributed by atoms with E-state index in [0.717, 1.165) is 0 Å². The van der Waals surface area contributed by atoms with Gasteiger partial charge < -0.3 is 10.6 Å². The van der Waals surface area contributed by atoms with Gasteiger partial charge in [0.1, 0.15) is 0 Å². The van der Waals surface area contributed by atoms with Crippen LogP contribution in [0.25, 0.3) is 0 Å². The lowest BCUT2D eigenvalue weighted by atomic mass is 9.63. The summed E-state index contributed by atoms with van der Waals surface area (Å²) in [6, 6.07) is 3.99. The second-order valence-electron chi connectivity index (χ2n) is 5.37. The molecule has 1 aliphatic heterocycles. The first-order chi connectivity index (χ1) is 7.60. The highest BCUT2D eigenvalue weighted by atomic mass is 35.5. The van der Waals surface area contributed by atoms with Gasteiger partial charge in [0.2, 0.25) is 0 Å². The minimum atomic E-state index is 0.653. The van der Waals surface area contributed by atoms with E-state index in [1.54, 1.807) is 0 Å². The van der Waals surface area contributed by atoms with Gasteiger partial charge in [-0.15, -0.1) is 0 Å². The fraction of sp³-hybridized carbons (Fsp3) is 0.538. The summed E-state index contributed by atoms with van der Waals surface area (Å²) in [5.74, 6) is 0. The van der Waals surface area contributed by atoms with Crippen molar-refractivity contribution in [3.63, 3.8) is 0 Å². The van der Waals surface area contributed by atoms with Crippen LogP contribution in [0, 0.1) is 12.3 Å². The lowest BCUT2D eigenvalue weighted by Gasteiger charge is -2.57. The Morgan fingerprint density at radius 2 is 2.00 bits per heavy atom. The second kappa shape index (κ2) is 3.30. The van der Waals surface area contributed by atoms with Crippen LogP contribution in [0.3, 0.4) is 0 Å². The Bertz CT molecular complexity index is 430. The van der Waals surface area contributed by atoms with E-state index in [1.807, 2.05) is 12.1 Å². The summed E-state index contributed by atoms with van der Waals surface area (Å²) in [5.41, 5.74) is 9.62. The molecule has 16 heavy (non-hydrogen) atoms. The minimum Gasteiger partial charge on any atom is -0.398 e. The average molecular weight is 237 g/mol. The molecule has 0 atom stereocenters. The Balaban J connectivity index is 1.83. The highest BCUT2D eigenvalue weighted by molar-refractivity contribution is 6.33. The number of hydrogen-bond donors (Lipinski definition) is 1. The van der Waals surface area contributed by atoms with E-state index in [-0.39, 0.29) is 0 Å². The Labute approximate surface area is 101 Å². The summed E-state index contributed by atoms with van der Waals surface area (Å²) in [6.45, 7) is 4.51. The number of hydrogen-bond acceptors (Lipinski definition) is 2. The number of benzene rings is 1. The van der Waals surface area contributed by atoms with E-state index < -0.39 is 0 Å². The van der Waals surface area contributed by atoms with E-state index in [9.17, 15) is 0 Å². The molecule has 0 radical (unpaired) electrons. The molecule has 2 N–H and O–H groups in total. The smallest absolute Gasteiger partial charge is 0.0656 e. The molecule has 1 heterocycles. The molecule has 1 aromatic carbocycles. The molecule has 2 fully saturated rings. The maximum absolute atomic E-state index is 6.08. The molecule has 1 saturated carbocycles. The number of nitrogens with zero attached hydrogens (tertiary/aromatic N) is 1. The molecule has 2 aliphatic rings. The molecule has 1 spiro atoms. The summed E-state index contributed by atoms with van der Waals surface area (Å²) >= 11 is 6.08. The largest absolute Gasteiger partial charge is 0.398 e. The summed E-state index contributed by atoms with van der Waals surface area (Å²) in [5, 5.41) is 0.676. The molecule has 0 aromatic heterocycles. The number of nitrogens with two attached hydrogens (primary N) is 1. The maximum atomic E-state index is 6.08. The first-order valence-electron chi connectivity index (χ1n) is 5.90. The standard InChI is InChI=1S/C13H17ClN2/c1-9-5-11(15)10(14)6-12(9)16-7-13(8-16)3-2-4-13/h5-6H,2-4,7-8,15H2,1H3. The van der Waals surface area contributed by atoms with E-state index in [2.05, 4.69) is 11.8 Å². The van der Waals surface area contributed by atoms with Crippen molar-refractivity contribution in [2.24, 2.45) is 5.41 Å². The average Bonchev–Trinajstić information content (AvgIpc) is 2.08. The Kier molecular flexibility index (Phi) is 2.12. The highest BCUT2D eigenvalue weighted by Gasteiger charge is 2.47. The van der Waals surface area contributed by atoms with Crippen LogP contribution in [0.5, 0.6) is 0 Å². The predicted octanol–water partition coefficient (Wildman–Crippen LogP) is 3.22. The molecular formula is C13H17ClN2. The third-order valence-corrected chi connectivity index (χ3v) is 4.45. The van der Waals surface area contributed by atoms with Crippen molar-refractivity contribution in [2.45, 2.75) is 26.2 Å². The van der Waals surface area contributed by atoms with E-state index in [1.165, 1.54) is 43.6 Å². The van der Waals surface area contributed by atoms with E-state index in [0.29, 0.717) is 16.1 Å². The van der Waals surface area contributed by atoms with Crippen molar-refractivity contribution in [3.05, 3.63) is 22.7 Å². The van der Waals surface area contributed by atoms with Crippen LogP contribution < -0.4 is 10.6 Å². The van der Waals surface area contributed by atoms with Crippen molar-refractivity contribution in [1.29, 1.82) is 0 Å². The Hall–Kier alpha value is -0.890. The molecule has 3 heteroatoms. The summed E-state index contributed by atoms with van der Waals surface area (Å²) < 4.78 is 0. The molecular weight excluding hydrogens is 220 g/mol. The van der Waals surface area contributed by atoms with Crippen LogP contribution in [0.2, 0.25) is 5.02 Å².